The van der Waals surface area contributed by atoms with E-state index in [1.54, 1.807) is 4.68 Å². The minimum Gasteiger partial charge on any atom is -0.349 e. The van der Waals surface area contributed by atoms with Crippen molar-refractivity contribution in [2.75, 3.05) is 6.54 Å². The molecule has 0 bridgehead atoms. The van der Waals surface area contributed by atoms with Gasteiger partial charge in [-0.1, -0.05) is 84.4 Å². The molecule has 0 aliphatic heterocycles. The average Bonchev–Trinajstić information content (AvgIpc) is 3.54. The third-order valence-electron chi connectivity index (χ3n) is 6.23. The van der Waals surface area contributed by atoms with Crippen LogP contribution in [0, 0.1) is 0 Å². The number of carbonyl (C=O) groups is 1. The number of hydrogen-bond donors (Lipinski definition) is 0. The highest BCUT2D eigenvalue weighted by molar-refractivity contribution is 6.32. The number of aromatic nitrogens is 3. The van der Waals surface area contributed by atoms with Gasteiger partial charge in [-0.3, -0.25) is 4.79 Å². The predicted molar refractivity (Wildman–Crippen MR) is 144 cm³/mol. The van der Waals surface area contributed by atoms with E-state index in [-0.39, 0.29) is 5.91 Å². The van der Waals surface area contributed by atoms with E-state index >= 15 is 0 Å². The summed E-state index contributed by atoms with van der Waals surface area (Å²) in [6.45, 7) is 1.07. The molecule has 6 heteroatoms. The van der Waals surface area contributed by atoms with E-state index in [2.05, 4.69) is 12.1 Å². The number of aryl methyl sites for hydroxylation is 1. The van der Waals surface area contributed by atoms with Gasteiger partial charge < -0.3 is 9.47 Å². The Labute approximate surface area is 216 Å². The van der Waals surface area contributed by atoms with Crippen LogP contribution in [-0.2, 0) is 20.0 Å². The maximum Gasteiger partial charge on any atom is 0.272 e. The summed E-state index contributed by atoms with van der Waals surface area (Å²) in [6.07, 6.45) is 2.72. The molecule has 0 aliphatic rings. The fourth-order valence-electron chi connectivity index (χ4n) is 4.32. The molecule has 1 amide bonds. The minimum absolute atomic E-state index is 0.0948. The van der Waals surface area contributed by atoms with E-state index in [1.165, 1.54) is 5.56 Å². The monoisotopic (exact) mass is 494 g/mol. The Bertz CT molecular complexity index is 1460. The van der Waals surface area contributed by atoms with Gasteiger partial charge in [0.25, 0.3) is 5.91 Å². The molecular weight excluding hydrogens is 468 g/mol. The molecule has 2 heterocycles. The molecule has 5 aromatic rings. The van der Waals surface area contributed by atoms with Gasteiger partial charge in [0.1, 0.15) is 11.4 Å². The zero-order chi connectivity index (χ0) is 24.9. The predicted octanol–water partition coefficient (Wildman–Crippen LogP) is 6.42. The first-order chi connectivity index (χ1) is 17.6. The largest absolute Gasteiger partial charge is 0.349 e. The molecule has 0 saturated carbocycles. The molecule has 2 aromatic heterocycles. The Morgan fingerprint density at radius 3 is 2.19 bits per heavy atom. The standard InChI is InChI=1S/C30H27ClN4O/c1-33-19-10-17-28(33)26-21-29(35(32-26)27-16-9-8-15-25(27)31)30(36)34(22-24-13-6-3-7-14-24)20-18-23-11-4-2-5-12-23/h2-17,19,21H,18,20,22H2,1H3. The zero-order valence-electron chi connectivity index (χ0n) is 20.1. The van der Waals surface area contributed by atoms with Crippen LogP contribution >= 0.6 is 11.6 Å². The molecule has 0 saturated heterocycles. The molecule has 180 valence electrons. The number of hydrogen-bond acceptors (Lipinski definition) is 2. The van der Waals surface area contributed by atoms with Gasteiger partial charge in [0.05, 0.1) is 16.4 Å². The van der Waals surface area contributed by atoms with Crippen LogP contribution < -0.4 is 0 Å². The van der Waals surface area contributed by atoms with Crippen LogP contribution in [-0.4, -0.2) is 31.7 Å². The quantitative estimate of drug-likeness (QED) is 0.250. The number of nitrogens with zero attached hydrogens (tertiary/aromatic N) is 4. The highest BCUT2D eigenvalue weighted by Gasteiger charge is 2.24. The molecule has 0 fully saturated rings. The number of rotatable bonds is 8. The lowest BCUT2D eigenvalue weighted by Gasteiger charge is -2.23. The summed E-state index contributed by atoms with van der Waals surface area (Å²) in [7, 11) is 1.97. The Kier molecular flexibility index (Phi) is 7.01. The van der Waals surface area contributed by atoms with Crippen molar-refractivity contribution in [3.63, 3.8) is 0 Å². The van der Waals surface area contributed by atoms with E-state index in [0.29, 0.717) is 35.2 Å². The maximum absolute atomic E-state index is 14.2. The van der Waals surface area contributed by atoms with Crippen LogP contribution in [0.1, 0.15) is 21.6 Å². The lowest BCUT2D eigenvalue weighted by atomic mass is 10.1. The second kappa shape index (κ2) is 10.7. The van der Waals surface area contributed by atoms with E-state index in [0.717, 1.165) is 17.7 Å². The Hall–Kier alpha value is -4.09. The summed E-state index contributed by atoms with van der Waals surface area (Å²) in [5.74, 6) is -0.0948. The normalized spacial score (nSPS) is 10.9. The summed E-state index contributed by atoms with van der Waals surface area (Å²) in [4.78, 5) is 16.0. The van der Waals surface area contributed by atoms with Crippen LogP contribution in [0.4, 0.5) is 0 Å². The number of carbonyl (C=O) groups excluding carboxylic acids is 1. The summed E-state index contributed by atoms with van der Waals surface area (Å²) in [6, 6.07) is 33.6. The van der Waals surface area contributed by atoms with Gasteiger partial charge in [0, 0.05) is 26.3 Å². The van der Waals surface area contributed by atoms with Crippen molar-refractivity contribution in [3.05, 3.63) is 131 Å². The van der Waals surface area contributed by atoms with Crippen LogP contribution in [0.5, 0.6) is 0 Å². The Balaban J connectivity index is 1.55. The Morgan fingerprint density at radius 2 is 1.53 bits per heavy atom. The van der Waals surface area contributed by atoms with Crippen LogP contribution in [0.15, 0.2) is 109 Å². The number of para-hydroxylation sites is 1. The molecule has 0 aliphatic carbocycles. The first kappa shape index (κ1) is 23.6. The van der Waals surface area contributed by atoms with Gasteiger partial charge in [-0.05, 0) is 47.9 Å². The van der Waals surface area contributed by atoms with E-state index < -0.39 is 0 Å². The molecule has 0 radical (unpaired) electrons. The molecule has 0 atom stereocenters. The number of halogens is 1. The van der Waals surface area contributed by atoms with Gasteiger partial charge in [-0.15, -0.1) is 0 Å². The molecule has 0 N–H and O–H groups in total. The lowest BCUT2D eigenvalue weighted by Crippen LogP contribution is -2.34. The maximum atomic E-state index is 14.2. The van der Waals surface area contributed by atoms with Gasteiger partial charge >= 0.3 is 0 Å². The van der Waals surface area contributed by atoms with Gasteiger partial charge in [0.15, 0.2) is 0 Å². The third kappa shape index (κ3) is 5.11. The lowest BCUT2D eigenvalue weighted by molar-refractivity contribution is 0.0736. The summed E-state index contributed by atoms with van der Waals surface area (Å²) in [5.41, 5.74) is 5.05. The molecular formula is C30H27ClN4O. The van der Waals surface area contributed by atoms with Crippen molar-refractivity contribution in [1.82, 2.24) is 19.2 Å². The highest BCUT2D eigenvalue weighted by Crippen LogP contribution is 2.27. The molecule has 3 aromatic carbocycles. The van der Waals surface area contributed by atoms with Gasteiger partial charge in [0.2, 0.25) is 0 Å². The second-order valence-corrected chi connectivity index (χ2v) is 9.14. The molecule has 36 heavy (non-hydrogen) atoms. The van der Waals surface area contributed by atoms with Crippen molar-refractivity contribution >= 4 is 17.5 Å². The fourth-order valence-corrected chi connectivity index (χ4v) is 4.54. The van der Waals surface area contributed by atoms with Crippen molar-refractivity contribution in [2.45, 2.75) is 13.0 Å². The van der Waals surface area contributed by atoms with E-state index in [1.807, 2.05) is 114 Å². The summed E-state index contributed by atoms with van der Waals surface area (Å²) < 4.78 is 3.66. The smallest absolute Gasteiger partial charge is 0.272 e. The third-order valence-corrected chi connectivity index (χ3v) is 6.55. The van der Waals surface area contributed by atoms with Crippen molar-refractivity contribution in [1.29, 1.82) is 0 Å². The van der Waals surface area contributed by atoms with Crippen molar-refractivity contribution in [3.8, 4) is 17.1 Å². The van der Waals surface area contributed by atoms with Crippen molar-refractivity contribution in [2.24, 2.45) is 7.05 Å². The molecule has 5 nitrogen and oxygen atoms in total. The molecule has 0 unspecified atom stereocenters. The first-order valence-electron chi connectivity index (χ1n) is 11.9. The summed E-state index contributed by atoms with van der Waals surface area (Å²) >= 11 is 6.56. The van der Waals surface area contributed by atoms with Gasteiger partial charge in [-0.25, -0.2) is 4.68 Å². The van der Waals surface area contributed by atoms with E-state index in [9.17, 15) is 4.79 Å². The Morgan fingerprint density at radius 1 is 0.861 bits per heavy atom. The SMILES string of the molecule is Cn1cccc1-c1cc(C(=O)N(CCc2ccccc2)Cc2ccccc2)n(-c2ccccc2Cl)n1. The van der Waals surface area contributed by atoms with E-state index in [4.69, 9.17) is 16.7 Å². The van der Waals surface area contributed by atoms with Crippen molar-refractivity contribution < 1.29 is 4.79 Å². The number of amides is 1. The van der Waals surface area contributed by atoms with Gasteiger partial charge in [-0.2, -0.15) is 5.10 Å². The summed E-state index contributed by atoms with van der Waals surface area (Å²) in [5, 5.41) is 5.37. The first-order valence-corrected chi connectivity index (χ1v) is 12.3. The molecule has 5 rings (SSSR count). The zero-order valence-corrected chi connectivity index (χ0v) is 20.8. The number of benzene rings is 3. The second-order valence-electron chi connectivity index (χ2n) is 8.73. The van der Waals surface area contributed by atoms with Crippen LogP contribution in [0.2, 0.25) is 5.02 Å². The minimum atomic E-state index is -0.0948. The topological polar surface area (TPSA) is 43.1 Å². The average molecular weight is 495 g/mol. The fraction of sp³-hybridized carbons (Fsp3) is 0.133. The highest BCUT2D eigenvalue weighted by atomic mass is 35.5. The van der Waals surface area contributed by atoms with Crippen LogP contribution in [0.25, 0.3) is 17.1 Å². The molecule has 0 spiro atoms. The van der Waals surface area contributed by atoms with Crippen LogP contribution in [0.3, 0.4) is 0 Å².